The van der Waals surface area contributed by atoms with Crippen LogP contribution in [0.2, 0.25) is 0 Å². The molecule has 1 aliphatic carbocycles. The molecular weight excluding hydrogens is 180 g/mol. The van der Waals surface area contributed by atoms with Crippen LogP contribution in [0.1, 0.15) is 36.1 Å². The Hall–Kier alpha value is -1.32. The molecule has 1 fully saturated rings. The van der Waals surface area contributed by atoms with Crippen molar-refractivity contribution in [1.82, 2.24) is 9.55 Å². The number of imidazole rings is 1. The highest BCUT2D eigenvalue weighted by atomic mass is 16.4. The van der Waals surface area contributed by atoms with E-state index in [0.29, 0.717) is 11.9 Å². The maximum atomic E-state index is 10.6. The SMILES string of the molecule is Cc1nc(CC(=O)O)n(C2CC2)c1C. The Bertz CT molecular complexity index is 378. The first-order valence-electron chi connectivity index (χ1n) is 4.85. The van der Waals surface area contributed by atoms with Crippen LogP contribution in [0.25, 0.3) is 0 Å². The molecule has 1 saturated carbocycles. The van der Waals surface area contributed by atoms with Gasteiger partial charge in [0, 0.05) is 11.7 Å². The highest BCUT2D eigenvalue weighted by Gasteiger charge is 2.28. The molecule has 0 aliphatic heterocycles. The van der Waals surface area contributed by atoms with Crippen LogP contribution in [0.15, 0.2) is 0 Å². The van der Waals surface area contributed by atoms with Gasteiger partial charge in [0.15, 0.2) is 0 Å². The van der Waals surface area contributed by atoms with E-state index in [0.717, 1.165) is 24.2 Å². The van der Waals surface area contributed by atoms with Gasteiger partial charge in [-0.1, -0.05) is 0 Å². The summed E-state index contributed by atoms with van der Waals surface area (Å²) in [6.07, 6.45) is 2.34. The molecule has 0 atom stereocenters. The van der Waals surface area contributed by atoms with E-state index in [1.54, 1.807) is 0 Å². The van der Waals surface area contributed by atoms with E-state index in [1.807, 2.05) is 13.8 Å². The molecule has 1 aromatic rings. The van der Waals surface area contributed by atoms with Gasteiger partial charge in [0.2, 0.25) is 0 Å². The van der Waals surface area contributed by atoms with E-state index in [-0.39, 0.29) is 6.42 Å². The minimum absolute atomic E-state index is 0.0329. The van der Waals surface area contributed by atoms with Crippen LogP contribution in [0.5, 0.6) is 0 Å². The second-order valence-corrected chi connectivity index (χ2v) is 3.87. The van der Waals surface area contributed by atoms with Crippen LogP contribution in [0.4, 0.5) is 0 Å². The summed E-state index contributed by atoms with van der Waals surface area (Å²) >= 11 is 0. The Morgan fingerprint density at radius 1 is 1.57 bits per heavy atom. The maximum absolute atomic E-state index is 10.6. The smallest absolute Gasteiger partial charge is 0.311 e. The molecular formula is C10H14N2O2. The summed E-state index contributed by atoms with van der Waals surface area (Å²) in [5.74, 6) is -0.105. The molecule has 4 nitrogen and oxygen atoms in total. The summed E-state index contributed by atoms with van der Waals surface area (Å²) in [6, 6.07) is 0.505. The zero-order chi connectivity index (χ0) is 10.3. The number of carboxylic acids is 1. The maximum Gasteiger partial charge on any atom is 0.311 e. The fraction of sp³-hybridized carbons (Fsp3) is 0.600. The molecule has 0 saturated heterocycles. The lowest BCUT2D eigenvalue weighted by Crippen LogP contribution is -2.09. The number of carboxylic acid groups (broad SMARTS) is 1. The van der Waals surface area contributed by atoms with Gasteiger partial charge >= 0.3 is 5.97 Å². The van der Waals surface area contributed by atoms with Crippen LogP contribution in [-0.4, -0.2) is 20.6 Å². The number of aryl methyl sites for hydroxylation is 1. The fourth-order valence-electron chi connectivity index (χ4n) is 1.77. The quantitative estimate of drug-likeness (QED) is 0.792. The lowest BCUT2D eigenvalue weighted by molar-refractivity contribution is -0.136. The van der Waals surface area contributed by atoms with Crippen molar-refractivity contribution in [2.45, 2.75) is 39.2 Å². The van der Waals surface area contributed by atoms with Gasteiger partial charge in [0.1, 0.15) is 12.2 Å². The lowest BCUT2D eigenvalue weighted by Gasteiger charge is -2.06. The minimum Gasteiger partial charge on any atom is -0.481 e. The first-order valence-corrected chi connectivity index (χ1v) is 4.85. The molecule has 2 rings (SSSR count). The normalized spacial score (nSPS) is 15.9. The summed E-state index contributed by atoms with van der Waals surface area (Å²) in [5, 5.41) is 8.74. The zero-order valence-electron chi connectivity index (χ0n) is 8.45. The van der Waals surface area contributed by atoms with Crippen LogP contribution in [0, 0.1) is 13.8 Å². The predicted molar refractivity (Wildman–Crippen MR) is 51.3 cm³/mol. The number of hydrogen-bond donors (Lipinski definition) is 1. The molecule has 0 aromatic carbocycles. The Labute approximate surface area is 82.6 Å². The van der Waals surface area contributed by atoms with Gasteiger partial charge in [0.25, 0.3) is 0 Å². The fourth-order valence-corrected chi connectivity index (χ4v) is 1.77. The van der Waals surface area contributed by atoms with Gasteiger partial charge in [0.05, 0.1) is 5.69 Å². The van der Waals surface area contributed by atoms with Gasteiger partial charge in [-0.3, -0.25) is 4.79 Å². The molecule has 0 bridgehead atoms. The van der Waals surface area contributed by atoms with Crippen molar-refractivity contribution in [1.29, 1.82) is 0 Å². The average molecular weight is 194 g/mol. The molecule has 14 heavy (non-hydrogen) atoms. The molecule has 1 heterocycles. The summed E-state index contributed by atoms with van der Waals surface area (Å²) < 4.78 is 2.09. The van der Waals surface area contributed by atoms with Crippen molar-refractivity contribution in [3.63, 3.8) is 0 Å². The van der Waals surface area contributed by atoms with Crippen LogP contribution >= 0.6 is 0 Å². The van der Waals surface area contributed by atoms with Crippen LogP contribution in [-0.2, 0) is 11.2 Å². The van der Waals surface area contributed by atoms with Crippen molar-refractivity contribution < 1.29 is 9.90 Å². The summed E-state index contributed by atoms with van der Waals surface area (Å²) in [6.45, 7) is 3.94. The van der Waals surface area contributed by atoms with Gasteiger partial charge in [-0.25, -0.2) is 4.98 Å². The van der Waals surface area contributed by atoms with Crippen molar-refractivity contribution in [3.8, 4) is 0 Å². The van der Waals surface area contributed by atoms with Gasteiger partial charge in [-0.05, 0) is 26.7 Å². The van der Waals surface area contributed by atoms with Crippen molar-refractivity contribution in [2.75, 3.05) is 0 Å². The van der Waals surface area contributed by atoms with Crippen LogP contribution in [0.3, 0.4) is 0 Å². The lowest BCUT2D eigenvalue weighted by atomic mass is 10.3. The first kappa shape index (κ1) is 9.24. The standard InChI is InChI=1S/C10H14N2O2/c1-6-7(2)12(8-3-4-8)9(11-6)5-10(13)14/h8H,3-5H2,1-2H3,(H,13,14). The summed E-state index contributed by atoms with van der Waals surface area (Å²) in [5.41, 5.74) is 2.07. The Balaban J connectivity index is 2.37. The largest absolute Gasteiger partial charge is 0.481 e. The Kier molecular flexibility index (Phi) is 2.06. The van der Waals surface area contributed by atoms with Gasteiger partial charge < -0.3 is 9.67 Å². The van der Waals surface area contributed by atoms with Crippen LogP contribution < -0.4 is 0 Å². The zero-order valence-corrected chi connectivity index (χ0v) is 8.45. The molecule has 1 aromatic heterocycles. The number of aliphatic carboxylic acids is 1. The highest BCUT2D eigenvalue weighted by Crippen LogP contribution is 2.37. The summed E-state index contributed by atoms with van der Waals surface area (Å²) in [7, 11) is 0. The topological polar surface area (TPSA) is 55.1 Å². The van der Waals surface area contributed by atoms with E-state index in [4.69, 9.17) is 5.11 Å². The Morgan fingerprint density at radius 2 is 2.21 bits per heavy atom. The third-order valence-electron chi connectivity index (χ3n) is 2.68. The monoisotopic (exact) mass is 194 g/mol. The molecule has 1 N–H and O–H groups in total. The number of nitrogens with zero attached hydrogens (tertiary/aromatic N) is 2. The van der Waals surface area contributed by atoms with Gasteiger partial charge in [-0.2, -0.15) is 0 Å². The molecule has 76 valence electrons. The molecule has 0 amide bonds. The minimum atomic E-state index is -0.808. The second-order valence-electron chi connectivity index (χ2n) is 3.87. The van der Waals surface area contributed by atoms with E-state index >= 15 is 0 Å². The van der Waals surface area contributed by atoms with Gasteiger partial charge in [-0.15, -0.1) is 0 Å². The second kappa shape index (κ2) is 3.12. The van der Waals surface area contributed by atoms with E-state index in [9.17, 15) is 4.79 Å². The molecule has 0 radical (unpaired) electrons. The first-order chi connectivity index (χ1) is 6.59. The number of hydrogen-bond acceptors (Lipinski definition) is 2. The highest BCUT2D eigenvalue weighted by molar-refractivity contribution is 5.69. The number of aromatic nitrogens is 2. The van der Waals surface area contributed by atoms with E-state index in [2.05, 4.69) is 9.55 Å². The average Bonchev–Trinajstić information content (AvgIpc) is 2.83. The summed E-state index contributed by atoms with van der Waals surface area (Å²) in [4.78, 5) is 14.9. The molecule has 0 unspecified atom stereocenters. The third kappa shape index (κ3) is 1.52. The molecule has 4 heteroatoms. The van der Waals surface area contributed by atoms with Crippen molar-refractivity contribution in [2.24, 2.45) is 0 Å². The number of rotatable bonds is 3. The van der Waals surface area contributed by atoms with E-state index in [1.165, 1.54) is 0 Å². The van der Waals surface area contributed by atoms with Crippen molar-refractivity contribution >= 4 is 5.97 Å². The third-order valence-corrected chi connectivity index (χ3v) is 2.68. The number of carbonyl (C=O) groups is 1. The van der Waals surface area contributed by atoms with E-state index < -0.39 is 5.97 Å². The predicted octanol–water partition coefficient (Wildman–Crippen LogP) is 1.46. The molecule has 1 aliphatic rings. The molecule has 0 spiro atoms. The Morgan fingerprint density at radius 3 is 2.71 bits per heavy atom. The van der Waals surface area contributed by atoms with Crippen molar-refractivity contribution in [3.05, 3.63) is 17.2 Å².